The number of fused-ring (bicyclic) bond motifs is 8. The van der Waals surface area contributed by atoms with Crippen molar-refractivity contribution in [1.29, 1.82) is 0 Å². The summed E-state index contributed by atoms with van der Waals surface area (Å²) in [6.45, 7) is 2.96. The van der Waals surface area contributed by atoms with Gasteiger partial charge in [0.15, 0.2) is 0 Å². The Hall–Kier alpha value is -7.31. The highest BCUT2D eigenvalue weighted by molar-refractivity contribution is 5.99. The highest BCUT2D eigenvalue weighted by Crippen LogP contribution is 2.38. The van der Waals surface area contributed by atoms with Crippen molar-refractivity contribution in [2.75, 3.05) is 0 Å². The van der Waals surface area contributed by atoms with Crippen LogP contribution in [0.2, 0.25) is 0 Å². The van der Waals surface area contributed by atoms with Crippen molar-refractivity contribution in [3.8, 4) is 44.5 Å². The second-order valence-electron chi connectivity index (χ2n) is 12.5. The molecule has 0 saturated heterocycles. The quantitative estimate of drug-likeness (QED) is 0.157. The maximum absolute atomic E-state index is 9.25. The van der Waals surface area contributed by atoms with Gasteiger partial charge in [-0.25, -0.2) is 14.8 Å². The second kappa shape index (κ2) is 14.5. The summed E-state index contributed by atoms with van der Waals surface area (Å²) in [7, 11) is 0. The van der Waals surface area contributed by atoms with Crippen molar-refractivity contribution in [2.24, 2.45) is 0 Å². The maximum atomic E-state index is 9.25. The van der Waals surface area contributed by atoms with E-state index in [0.29, 0.717) is 0 Å². The summed E-state index contributed by atoms with van der Waals surface area (Å²) in [5.74, 6) is -0.981. The van der Waals surface area contributed by atoms with Gasteiger partial charge in [-0.1, -0.05) is 128 Å². The Bertz CT molecular complexity index is 2340. The predicted molar refractivity (Wildman–Crippen MR) is 218 cm³/mol. The largest absolute Gasteiger partial charge is 0.478 e. The standard InChI is InChI=1S/C44H30N4.C3H4O2/c1-5-13-29(14-6-1)41-33-21-23-35(45-33)42(30-15-7-2-8-16-30)37-25-27-39(47-37)44(32-19-11-4-12-20-32)40-28-26-38(48-40)43(31-17-9-3-10-18-31)36-24-22-34(41)46-36;1-2-3(4)5/h1-28,45,48H;2H,1H2,(H,4,5). The summed E-state index contributed by atoms with van der Waals surface area (Å²) >= 11 is 0. The summed E-state index contributed by atoms with van der Waals surface area (Å²) in [5.41, 5.74) is 16.2. The number of rotatable bonds is 5. The van der Waals surface area contributed by atoms with Crippen molar-refractivity contribution in [3.63, 3.8) is 0 Å². The molecule has 4 aromatic carbocycles. The molecule has 0 atom stereocenters. The van der Waals surface area contributed by atoms with Gasteiger partial charge >= 0.3 is 5.97 Å². The van der Waals surface area contributed by atoms with Gasteiger partial charge in [0, 0.05) is 50.4 Å². The first-order valence-electron chi connectivity index (χ1n) is 17.3. The molecule has 2 aliphatic rings. The van der Waals surface area contributed by atoms with Gasteiger partial charge in [0.05, 0.1) is 22.8 Å². The van der Waals surface area contributed by atoms with E-state index in [1.807, 2.05) is 24.3 Å². The van der Waals surface area contributed by atoms with E-state index >= 15 is 0 Å². The lowest BCUT2D eigenvalue weighted by atomic mass is 10.0. The molecule has 5 heterocycles. The smallest absolute Gasteiger partial charge is 0.327 e. The minimum Gasteiger partial charge on any atom is -0.478 e. The molecule has 7 aromatic rings. The fourth-order valence-electron chi connectivity index (χ4n) is 6.84. The molecule has 0 radical (unpaired) electrons. The topological polar surface area (TPSA) is 94.7 Å². The average molecular weight is 687 g/mol. The van der Waals surface area contributed by atoms with Crippen molar-refractivity contribution < 1.29 is 9.90 Å². The third-order valence-electron chi connectivity index (χ3n) is 9.18. The minimum absolute atomic E-state index is 0.833. The number of carboxylic acid groups (broad SMARTS) is 1. The number of hydrogen-bond acceptors (Lipinski definition) is 3. The number of nitrogens with zero attached hydrogens (tertiary/aromatic N) is 2. The number of aromatic amines is 2. The van der Waals surface area contributed by atoms with E-state index in [1.54, 1.807) is 0 Å². The summed E-state index contributed by atoms with van der Waals surface area (Å²) in [6, 6.07) is 50.7. The number of H-pyrrole nitrogens is 2. The predicted octanol–water partition coefficient (Wildman–Crippen LogP) is 11.6. The monoisotopic (exact) mass is 686 g/mol. The average Bonchev–Trinajstić information content (AvgIpc) is 4.05. The number of hydrogen-bond donors (Lipinski definition) is 3. The first-order chi connectivity index (χ1) is 26.1. The van der Waals surface area contributed by atoms with Gasteiger partial charge in [0.1, 0.15) is 0 Å². The third-order valence-corrected chi connectivity index (χ3v) is 9.18. The third kappa shape index (κ3) is 6.65. The van der Waals surface area contributed by atoms with E-state index in [-0.39, 0.29) is 0 Å². The molecule has 0 unspecified atom stereocenters. The van der Waals surface area contributed by atoms with Gasteiger partial charge in [-0.05, 0) is 70.8 Å². The zero-order valence-corrected chi connectivity index (χ0v) is 28.7. The Balaban J connectivity index is 0.000000752. The Morgan fingerprint density at radius 2 is 0.660 bits per heavy atom. The molecule has 254 valence electrons. The zero-order chi connectivity index (χ0) is 36.1. The van der Waals surface area contributed by atoms with Crippen LogP contribution < -0.4 is 0 Å². The molecule has 0 fully saturated rings. The molecule has 6 nitrogen and oxygen atoms in total. The van der Waals surface area contributed by atoms with Crippen LogP contribution in [0.1, 0.15) is 22.8 Å². The number of benzene rings is 4. The Labute approximate surface area is 306 Å². The maximum Gasteiger partial charge on any atom is 0.327 e. The molecular weight excluding hydrogens is 653 g/mol. The molecule has 0 amide bonds. The molecule has 53 heavy (non-hydrogen) atoms. The van der Waals surface area contributed by atoms with Crippen LogP contribution in [0.5, 0.6) is 0 Å². The lowest BCUT2D eigenvalue weighted by Crippen LogP contribution is -1.89. The van der Waals surface area contributed by atoms with E-state index in [2.05, 4.69) is 162 Å². The van der Waals surface area contributed by atoms with E-state index in [4.69, 9.17) is 15.1 Å². The van der Waals surface area contributed by atoms with Crippen LogP contribution in [0.15, 0.2) is 158 Å². The van der Waals surface area contributed by atoms with Crippen molar-refractivity contribution in [1.82, 2.24) is 19.9 Å². The van der Waals surface area contributed by atoms with Crippen LogP contribution in [-0.4, -0.2) is 31.0 Å². The molecule has 3 aromatic heterocycles. The van der Waals surface area contributed by atoms with E-state index in [0.717, 1.165) is 95.4 Å². The Kier molecular flexibility index (Phi) is 9.00. The van der Waals surface area contributed by atoms with Crippen molar-refractivity contribution in [3.05, 3.63) is 181 Å². The number of aliphatic carboxylic acids is 1. The molecular formula is C47H34N4O2. The van der Waals surface area contributed by atoms with Crippen LogP contribution in [0.25, 0.3) is 90.9 Å². The van der Waals surface area contributed by atoms with Crippen LogP contribution in [0, 0.1) is 0 Å². The van der Waals surface area contributed by atoms with Gasteiger partial charge in [-0.2, -0.15) is 0 Å². The first-order valence-corrected chi connectivity index (χ1v) is 17.3. The Morgan fingerprint density at radius 3 is 0.868 bits per heavy atom. The summed E-state index contributed by atoms with van der Waals surface area (Å²) in [4.78, 5) is 27.6. The van der Waals surface area contributed by atoms with Crippen LogP contribution in [0.3, 0.4) is 0 Å². The molecule has 8 bridgehead atoms. The van der Waals surface area contributed by atoms with Gasteiger partial charge in [-0.15, -0.1) is 0 Å². The summed E-state index contributed by atoms with van der Waals surface area (Å²) in [5, 5.41) is 7.60. The number of carboxylic acids is 1. The van der Waals surface area contributed by atoms with Crippen LogP contribution in [0.4, 0.5) is 0 Å². The fraction of sp³-hybridized carbons (Fsp3) is 0. The molecule has 3 N–H and O–H groups in total. The molecule has 0 saturated carbocycles. The zero-order valence-electron chi connectivity index (χ0n) is 28.7. The van der Waals surface area contributed by atoms with Gasteiger partial charge in [0.2, 0.25) is 0 Å². The summed E-state index contributed by atoms with van der Waals surface area (Å²) < 4.78 is 0. The first kappa shape index (κ1) is 32.9. The molecule has 9 rings (SSSR count). The lowest BCUT2D eigenvalue weighted by Gasteiger charge is -2.07. The van der Waals surface area contributed by atoms with E-state index in [9.17, 15) is 4.79 Å². The normalized spacial score (nSPS) is 11.5. The SMILES string of the molecule is C1=Cc2nc1c(-c1ccccc1)c1ccc([nH]1)c(-c1ccccc1)c1nc(c(-c3ccccc3)c3ccc([nH]3)c2-c2ccccc2)C=C1.C=CC(=O)O. The lowest BCUT2D eigenvalue weighted by molar-refractivity contribution is -0.131. The number of nitrogens with one attached hydrogen (secondary N) is 2. The fourth-order valence-corrected chi connectivity index (χ4v) is 6.84. The minimum atomic E-state index is -0.981. The highest BCUT2D eigenvalue weighted by Gasteiger charge is 2.18. The van der Waals surface area contributed by atoms with E-state index in [1.165, 1.54) is 0 Å². The second-order valence-corrected chi connectivity index (χ2v) is 12.5. The van der Waals surface area contributed by atoms with Gasteiger partial charge < -0.3 is 15.1 Å². The van der Waals surface area contributed by atoms with E-state index < -0.39 is 5.97 Å². The van der Waals surface area contributed by atoms with Crippen molar-refractivity contribution >= 4 is 52.3 Å². The molecule has 6 heteroatoms. The highest BCUT2D eigenvalue weighted by atomic mass is 16.4. The number of aromatic nitrogens is 4. The Morgan fingerprint density at radius 1 is 0.434 bits per heavy atom. The number of carbonyl (C=O) groups is 1. The van der Waals surface area contributed by atoms with Crippen LogP contribution >= 0.6 is 0 Å². The summed E-state index contributed by atoms with van der Waals surface area (Å²) in [6.07, 6.45) is 9.38. The van der Waals surface area contributed by atoms with Gasteiger partial charge in [0.25, 0.3) is 0 Å². The van der Waals surface area contributed by atoms with Crippen LogP contribution in [-0.2, 0) is 4.79 Å². The molecule has 2 aliphatic heterocycles. The molecule has 0 aliphatic carbocycles. The van der Waals surface area contributed by atoms with Crippen molar-refractivity contribution in [2.45, 2.75) is 0 Å². The van der Waals surface area contributed by atoms with Gasteiger partial charge in [-0.3, -0.25) is 0 Å². The molecule has 0 spiro atoms.